The predicted octanol–water partition coefficient (Wildman–Crippen LogP) is 5.10. The molecule has 0 bridgehead atoms. The van der Waals surface area contributed by atoms with Crippen molar-refractivity contribution in [3.05, 3.63) is 64.2 Å². The van der Waals surface area contributed by atoms with Crippen molar-refractivity contribution in [1.82, 2.24) is 0 Å². The average molecular weight is 282 g/mol. The van der Waals surface area contributed by atoms with E-state index in [1.54, 1.807) is 13.0 Å². The van der Waals surface area contributed by atoms with Gasteiger partial charge in [-0.2, -0.15) is 0 Å². The number of nitrogens with one attached hydrogen (secondary N) is 1. The van der Waals surface area contributed by atoms with Crippen LogP contribution in [0.15, 0.2) is 36.4 Å². The van der Waals surface area contributed by atoms with Gasteiger partial charge in [0.15, 0.2) is 0 Å². The molecule has 19 heavy (non-hydrogen) atoms. The van der Waals surface area contributed by atoms with E-state index in [1.807, 2.05) is 19.1 Å². The normalized spacial score (nSPS) is 12.3. The van der Waals surface area contributed by atoms with Crippen LogP contribution in [0, 0.1) is 18.6 Å². The zero-order chi connectivity index (χ0) is 14.0. The second-order valence-electron chi connectivity index (χ2n) is 4.44. The number of hydrogen-bond acceptors (Lipinski definition) is 1. The Kier molecular flexibility index (Phi) is 4.05. The smallest absolute Gasteiger partial charge is 0.128 e. The topological polar surface area (TPSA) is 12.0 Å². The Morgan fingerprint density at radius 3 is 2.63 bits per heavy atom. The van der Waals surface area contributed by atoms with Crippen molar-refractivity contribution in [2.45, 2.75) is 19.9 Å². The molecule has 0 aromatic heterocycles. The molecule has 4 heteroatoms. The first kappa shape index (κ1) is 13.8. The summed E-state index contributed by atoms with van der Waals surface area (Å²) in [5.74, 6) is -0.881. The lowest BCUT2D eigenvalue weighted by atomic mass is 10.1. The zero-order valence-electron chi connectivity index (χ0n) is 10.7. The first-order chi connectivity index (χ1) is 8.99. The van der Waals surface area contributed by atoms with Crippen molar-refractivity contribution >= 4 is 17.3 Å². The second kappa shape index (κ2) is 5.57. The molecule has 2 aromatic rings. The van der Waals surface area contributed by atoms with Crippen LogP contribution in [0.25, 0.3) is 0 Å². The summed E-state index contributed by atoms with van der Waals surface area (Å²) < 4.78 is 26.8. The van der Waals surface area contributed by atoms with Gasteiger partial charge in [-0.15, -0.1) is 0 Å². The lowest BCUT2D eigenvalue weighted by molar-refractivity contribution is 0.577. The van der Waals surface area contributed by atoms with E-state index in [4.69, 9.17) is 11.6 Å². The van der Waals surface area contributed by atoms with Gasteiger partial charge in [0.1, 0.15) is 11.6 Å². The standard InChI is InChI=1S/C15H14ClF2N/c1-9-13(16)4-3-5-15(9)19-10(2)12-8-11(17)6-7-14(12)18/h3-8,10,19H,1-2H3. The Balaban J connectivity index is 2.28. The fourth-order valence-corrected chi connectivity index (χ4v) is 2.10. The summed E-state index contributed by atoms with van der Waals surface area (Å²) in [5, 5.41) is 3.78. The number of anilines is 1. The SMILES string of the molecule is Cc1c(Cl)cccc1NC(C)c1cc(F)ccc1F. The molecule has 1 nitrogen and oxygen atoms in total. The molecule has 0 aliphatic heterocycles. The van der Waals surface area contributed by atoms with Crippen LogP contribution in [-0.2, 0) is 0 Å². The van der Waals surface area contributed by atoms with Crippen LogP contribution in [0.2, 0.25) is 5.02 Å². The van der Waals surface area contributed by atoms with Crippen molar-refractivity contribution < 1.29 is 8.78 Å². The third kappa shape index (κ3) is 3.04. The highest BCUT2D eigenvalue weighted by atomic mass is 35.5. The predicted molar refractivity (Wildman–Crippen MR) is 74.6 cm³/mol. The number of benzene rings is 2. The molecule has 1 unspecified atom stereocenters. The molecule has 0 heterocycles. The van der Waals surface area contributed by atoms with Crippen LogP contribution in [0.1, 0.15) is 24.1 Å². The number of rotatable bonds is 3. The van der Waals surface area contributed by atoms with Crippen LogP contribution >= 0.6 is 11.6 Å². The summed E-state index contributed by atoms with van der Waals surface area (Å²) in [6, 6.07) is 8.54. The Labute approximate surface area is 116 Å². The Morgan fingerprint density at radius 1 is 1.16 bits per heavy atom. The van der Waals surface area contributed by atoms with Crippen LogP contribution in [0.5, 0.6) is 0 Å². The van der Waals surface area contributed by atoms with E-state index in [1.165, 1.54) is 6.07 Å². The van der Waals surface area contributed by atoms with Gasteiger partial charge < -0.3 is 5.32 Å². The molecule has 0 aliphatic carbocycles. The fraction of sp³-hybridized carbons (Fsp3) is 0.200. The monoisotopic (exact) mass is 281 g/mol. The molecule has 1 atom stereocenters. The minimum atomic E-state index is -0.451. The van der Waals surface area contributed by atoms with Crippen LogP contribution < -0.4 is 5.32 Å². The molecule has 2 aromatic carbocycles. The summed E-state index contributed by atoms with van der Waals surface area (Å²) in [6.07, 6.45) is 0. The first-order valence-corrected chi connectivity index (χ1v) is 6.33. The van der Waals surface area contributed by atoms with E-state index in [0.29, 0.717) is 10.6 Å². The van der Waals surface area contributed by atoms with E-state index in [-0.39, 0.29) is 6.04 Å². The van der Waals surface area contributed by atoms with Gasteiger partial charge in [-0.1, -0.05) is 17.7 Å². The van der Waals surface area contributed by atoms with E-state index in [9.17, 15) is 8.78 Å². The molecular formula is C15H14ClF2N. The highest BCUT2D eigenvalue weighted by Crippen LogP contribution is 2.28. The van der Waals surface area contributed by atoms with Crippen molar-refractivity contribution in [3.63, 3.8) is 0 Å². The second-order valence-corrected chi connectivity index (χ2v) is 4.85. The van der Waals surface area contributed by atoms with Gasteiger partial charge in [0.25, 0.3) is 0 Å². The van der Waals surface area contributed by atoms with Gasteiger partial charge >= 0.3 is 0 Å². The summed E-state index contributed by atoms with van der Waals surface area (Å²) in [6.45, 7) is 3.65. The maximum absolute atomic E-state index is 13.7. The van der Waals surface area contributed by atoms with E-state index < -0.39 is 11.6 Å². The largest absolute Gasteiger partial charge is 0.378 e. The van der Waals surface area contributed by atoms with Crippen molar-refractivity contribution in [2.24, 2.45) is 0 Å². The third-order valence-electron chi connectivity index (χ3n) is 3.06. The molecule has 0 spiro atoms. The average Bonchev–Trinajstić information content (AvgIpc) is 2.38. The third-order valence-corrected chi connectivity index (χ3v) is 3.47. The number of hydrogen-bond donors (Lipinski definition) is 1. The Bertz CT molecular complexity index is 599. The maximum Gasteiger partial charge on any atom is 0.128 e. The van der Waals surface area contributed by atoms with Gasteiger partial charge in [-0.3, -0.25) is 0 Å². The first-order valence-electron chi connectivity index (χ1n) is 5.95. The van der Waals surface area contributed by atoms with E-state index in [2.05, 4.69) is 5.32 Å². The summed E-state index contributed by atoms with van der Waals surface area (Å²) in [7, 11) is 0. The quantitative estimate of drug-likeness (QED) is 0.825. The lowest BCUT2D eigenvalue weighted by Gasteiger charge is -2.18. The molecule has 0 aliphatic rings. The van der Waals surface area contributed by atoms with E-state index >= 15 is 0 Å². The van der Waals surface area contributed by atoms with Gasteiger partial charge in [0.05, 0.1) is 6.04 Å². The maximum atomic E-state index is 13.7. The molecule has 0 saturated heterocycles. The lowest BCUT2D eigenvalue weighted by Crippen LogP contribution is -2.10. The summed E-state index contributed by atoms with van der Waals surface area (Å²) in [5.41, 5.74) is 1.98. The zero-order valence-corrected chi connectivity index (χ0v) is 11.4. The molecule has 0 amide bonds. The number of halogens is 3. The summed E-state index contributed by atoms with van der Waals surface area (Å²) >= 11 is 6.03. The van der Waals surface area contributed by atoms with Gasteiger partial charge in [0.2, 0.25) is 0 Å². The fourth-order valence-electron chi connectivity index (χ4n) is 1.92. The summed E-state index contributed by atoms with van der Waals surface area (Å²) in [4.78, 5) is 0. The van der Waals surface area contributed by atoms with Crippen LogP contribution in [0.4, 0.5) is 14.5 Å². The molecular weight excluding hydrogens is 268 g/mol. The molecule has 0 radical (unpaired) electrons. The molecule has 0 saturated carbocycles. The van der Waals surface area contributed by atoms with Crippen LogP contribution in [-0.4, -0.2) is 0 Å². The van der Waals surface area contributed by atoms with Crippen LogP contribution in [0.3, 0.4) is 0 Å². The molecule has 1 N–H and O–H groups in total. The van der Waals surface area contributed by atoms with E-state index in [0.717, 1.165) is 23.4 Å². The van der Waals surface area contributed by atoms with Gasteiger partial charge in [-0.05, 0) is 49.7 Å². The van der Waals surface area contributed by atoms with Crippen molar-refractivity contribution in [3.8, 4) is 0 Å². The van der Waals surface area contributed by atoms with Crippen molar-refractivity contribution in [1.29, 1.82) is 0 Å². The minimum Gasteiger partial charge on any atom is -0.378 e. The molecule has 0 fully saturated rings. The Hall–Kier alpha value is -1.61. The van der Waals surface area contributed by atoms with Gasteiger partial charge in [0, 0.05) is 16.3 Å². The highest BCUT2D eigenvalue weighted by Gasteiger charge is 2.13. The Morgan fingerprint density at radius 2 is 1.89 bits per heavy atom. The highest BCUT2D eigenvalue weighted by molar-refractivity contribution is 6.31. The van der Waals surface area contributed by atoms with Gasteiger partial charge in [-0.25, -0.2) is 8.78 Å². The van der Waals surface area contributed by atoms with Crippen molar-refractivity contribution in [2.75, 3.05) is 5.32 Å². The minimum absolute atomic E-state index is 0.291. The molecule has 100 valence electrons. The molecule has 2 rings (SSSR count).